The van der Waals surface area contributed by atoms with Crippen molar-refractivity contribution in [1.29, 1.82) is 0 Å². The van der Waals surface area contributed by atoms with Crippen molar-refractivity contribution >= 4 is 37.9 Å². The Kier molecular flexibility index (Phi) is 5.78. The molecule has 1 atom stereocenters. The van der Waals surface area contributed by atoms with E-state index in [1.807, 2.05) is 38.1 Å². The zero-order valence-corrected chi connectivity index (χ0v) is 20.0. The number of nitrogens with one attached hydrogen (secondary N) is 2. The van der Waals surface area contributed by atoms with Crippen molar-refractivity contribution in [2.24, 2.45) is 0 Å². The van der Waals surface area contributed by atoms with Crippen molar-refractivity contribution in [2.75, 3.05) is 24.7 Å². The molecule has 4 heterocycles. The SMILES string of the molecule is Cc1nc2ncnc(NC(C)c3nc(OC4CCN(S(C)(=O)=O)CC4)c4ccccc4n3)c2[nH]1. The minimum atomic E-state index is -3.19. The molecule has 0 saturated carbocycles. The number of piperidine rings is 1. The summed E-state index contributed by atoms with van der Waals surface area (Å²) >= 11 is 0. The summed E-state index contributed by atoms with van der Waals surface area (Å²) in [6.45, 7) is 4.69. The van der Waals surface area contributed by atoms with Crippen LogP contribution in [0.3, 0.4) is 0 Å². The summed E-state index contributed by atoms with van der Waals surface area (Å²) in [5.41, 5.74) is 2.09. The maximum Gasteiger partial charge on any atom is 0.225 e. The van der Waals surface area contributed by atoms with Crippen molar-refractivity contribution in [3.63, 3.8) is 0 Å². The molecule has 1 saturated heterocycles. The lowest BCUT2D eigenvalue weighted by molar-refractivity contribution is 0.131. The van der Waals surface area contributed by atoms with Gasteiger partial charge in [-0.1, -0.05) is 12.1 Å². The molecule has 0 bridgehead atoms. The van der Waals surface area contributed by atoms with E-state index in [-0.39, 0.29) is 12.1 Å². The number of sulfonamides is 1. The van der Waals surface area contributed by atoms with Crippen LogP contribution >= 0.6 is 0 Å². The van der Waals surface area contributed by atoms with Gasteiger partial charge < -0.3 is 15.0 Å². The third-order valence-corrected chi connectivity index (χ3v) is 7.18. The molecule has 1 aromatic carbocycles. The van der Waals surface area contributed by atoms with Gasteiger partial charge >= 0.3 is 0 Å². The first kappa shape index (κ1) is 22.4. The van der Waals surface area contributed by atoms with Crippen molar-refractivity contribution in [3.05, 3.63) is 42.2 Å². The highest BCUT2D eigenvalue weighted by Crippen LogP contribution is 2.29. The minimum Gasteiger partial charge on any atom is -0.474 e. The third kappa shape index (κ3) is 4.50. The first-order valence-corrected chi connectivity index (χ1v) is 12.9. The highest BCUT2D eigenvalue weighted by Gasteiger charge is 2.27. The van der Waals surface area contributed by atoms with Gasteiger partial charge in [0.25, 0.3) is 0 Å². The van der Waals surface area contributed by atoms with Gasteiger partial charge in [-0.3, -0.25) is 0 Å². The molecule has 1 unspecified atom stereocenters. The highest BCUT2D eigenvalue weighted by molar-refractivity contribution is 7.88. The second kappa shape index (κ2) is 8.76. The van der Waals surface area contributed by atoms with Gasteiger partial charge in [-0.05, 0) is 38.8 Å². The lowest BCUT2D eigenvalue weighted by Gasteiger charge is -2.30. The fourth-order valence-corrected chi connectivity index (χ4v) is 4.98. The molecule has 5 rings (SSSR count). The maximum atomic E-state index is 11.8. The first-order chi connectivity index (χ1) is 16.3. The fourth-order valence-electron chi connectivity index (χ4n) is 4.11. The smallest absolute Gasteiger partial charge is 0.225 e. The number of aromatic nitrogens is 6. The van der Waals surface area contributed by atoms with Gasteiger partial charge in [0.1, 0.15) is 23.8 Å². The molecular formula is C22H26N8O3S. The zero-order chi connectivity index (χ0) is 23.9. The van der Waals surface area contributed by atoms with Crippen LogP contribution in [0.2, 0.25) is 0 Å². The molecule has 178 valence electrons. The summed E-state index contributed by atoms with van der Waals surface area (Å²) in [6.07, 6.45) is 3.79. The van der Waals surface area contributed by atoms with Crippen LogP contribution in [0, 0.1) is 6.92 Å². The summed E-state index contributed by atoms with van der Waals surface area (Å²) in [5.74, 6) is 2.43. The molecule has 0 aliphatic carbocycles. The molecule has 1 fully saturated rings. The Labute approximate surface area is 197 Å². The molecule has 0 amide bonds. The van der Waals surface area contributed by atoms with Crippen molar-refractivity contribution < 1.29 is 13.2 Å². The van der Waals surface area contributed by atoms with Crippen LogP contribution in [-0.2, 0) is 10.0 Å². The van der Waals surface area contributed by atoms with Gasteiger partial charge in [0.15, 0.2) is 17.3 Å². The number of nitrogens with zero attached hydrogens (tertiary/aromatic N) is 6. The topological polar surface area (TPSA) is 139 Å². The van der Waals surface area contributed by atoms with E-state index in [9.17, 15) is 8.42 Å². The number of hydrogen-bond donors (Lipinski definition) is 2. The number of benzene rings is 1. The molecule has 1 aliphatic heterocycles. The van der Waals surface area contributed by atoms with E-state index >= 15 is 0 Å². The molecule has 34 heavy (non-hydrogen) atoms. The second-order valence-corrected chi connectivity index (χ2v) is 10.5. The van der Waals surface area contributed by atoms with Gasteiger partial charge in [0, 0.05) is 13.1 Å². The fraction of sp³-hybridized carbons (Fsp3) is 0.409. The van der Waals surface area contributed by atoms with Crippen molar-refractivity contribution in [1.82, 2.24) is 34.2 Å². The molecule has 3 aromatic heterocycles. The average Bonchev–Trinajstić information content (AvgIpc) is 3.20. The lowest BCUT2D eigenvalue weighted by Crippen LogP contribution is -2.41. The van der Waals surface area contributed by atoms with Gasteiger partial charge in [-0.2, -0.15) is 4.98 Å². The van der Waals surface area contributed by atoms with E-state index in [4.69, 9.17) is 14.7 Å². The average molecular weight is 483 g/mol. The number of aromatic amines is 1. The largest absolute Gasteiger partial charge is 0.474 e. The summed E-state index contributed by atoms with van der Waals surface area (Å²) in [7, 11) is -3.19. The third-order valence-electron chi connectivity index (χ3n) is 5.88. The number of rotatable bonds is 6. The van der Waals surface area contributed by atoms with Gasteiger partial charge in [-0.25, -0.2) is 32.7 Å². The number of hydrogen-bond acceptors (Lipinski definition) is 9. The summed E-state index contributed by atoms with van der Waals surface area (Å²) in [5, 5.41) is 4.17. The monoisotopic (exact) mass is 482 g/mol. The predicted octanol–water partition coefficient (Wildman–Crippen LogP) is 2.58. The van der Waals surface area contributed by atoms with Crippen LogP contribution in [-0.4, -0.2) is 68.1 Å². The van der Waals surface area contributed by atoms with Gasteiger partial charge in [0.05, 0.1) is 23.2 Å². The number of fused-ring (bicyclic) bond motifs is 2. The summed E-state index contributed by atoms with van der Waals surface area (Å²) < 4.78 is 31.4. The van der Waals surface area contributed by atoms with Crippen LogP contribution in [0.1, 0.15) is 37.5 Å². The number of aryl methyl sites for hydroxylation is 1. The maximum absolute atomic E-state index is 11.8. The molecule has 0 radical (unpaired) electrons. The lowest BCUT2D eigenvalue weighted by atomic mass is 10.1. The van der Waals surface area contributed by atoms with Crippen LogP contribution in [0.25, 0.3) is 22.1 Å². The van der Waals surface area contributed by atoms with Crippen molar-refractivity contribution in [2.45, 2.75) is 38.8 Å². The van der Waals surface area contributed by atoms with E-state index in [1.54, 1.807) is 0 Å². The van der Waals surface area contributed by atoms with Crippen LogP contribution in [0.15, 0.2) is 30.6 Å². The Balaban J connectivity index is 1.41. The quantitative estimate of drug-likeness (QED) is 0.424. The number of anilines is 1. The standard InChI is InChI=1S/C22H26N8O3S/c1-13(25-20-18-21(24-12-23-20)27-14(2)26-18)19-28-17-7-5-4-6-16(17)22(29-19)33-15-8-10-30(11-9-15)34(3,31)32/h4-7,12-13,15H,8-11H2,1-3H3,(H2,23,24,25,26,27). The van der Waals surface area contributed by atoms with Gasteiger partial charge in [-0.15, -0.1) is 0 Å². The number of para-hydroxylation sites is 1. The molecule has 12 heteroatoms. The molecule has 1 aliphatic rings. The predicted molar refractivity (Wildman–Crippen MR) is 128 cm³/mol. The summed E-state index contributed by atoms with van der Waals surface area (Å²) in [4.78, 5) is 25.6. The highest BCUT2D eigenvalue weighted by atomic mass is 32.2. The molecule has 4 aromatic rings. The number of H-pyrrole nitrogens is 1. The molecular weight excluding hydrogens is 456 g/mol. The van der Waals surface area contributed by atoms with Gasteiger partial charge in [0.2, 0.25) is 15.9 Å². The molecule has 2 N–H and O–H groups in total. The van der Waals surface area contributed by atoms with E-state index < -0.39 is 10.0 Å². The molecule has 0 spiro atoms. The zero-order valence-electron chi connectivity index (χ0n) is 19.2. The Morgan fingerprint density at radius 1 is 1.15 bits per heavy atom. The summed E-state index contributed by atoms with van der Waals surface area (Å²) in [6, 6.07) is 7.42. The van der Waals surface area contributed by atoms with Crippen molar-refractivity contribution in [3.8, 4) is 5.88 Å². The Morgan fingerprint density at radius 2 is 1.91 bits per heavy atom. The Morgan fingerprint density at radius 3 is 2.68 bits per heavy atom. The Hall–Kier alpha value is -3.38. The second-order valence-electron chi connectivity index (χ2n) is 8.49. The van der Waals surface area contributed by atoms with E-state index in [0.717, 1.165) is 22.2 Å². The minimum absolute atomic E-state index is 0.123. The Bertz CT molecular complexity index is 1450. The van der Waals surface area contributed by atoms with Crippen LogP contribution < -0.4 is 10.1 Å². The molecule has 11 nitrogen and oxygen atoms in total. The van der Waals surface area contributed by atoms with E-state index in [2.05, 4.69) is 25.3 Å². The first-order valence-electron chi connectivity index (χ1n) is 11.1. The van der Waals surface area contributed by atoms with E-state index in [1.165, 1.54) is 16.9 Å². The number of imidazole rings is 1. The van der Waals surface area contributed by atoms with Crippen LogP contribution in [0.4, 0.5) is 5.82 Å². The normalized spacial score (nSPS) is 16.7. The number of ether oxygens (including phenoxy) is 1. The van der Waals surface area contributed by atoms with Crippen LogP contribution in [0.5, 0.6) is 5.88 Å². The van der Waals surface area contributed by atoms with E-state index in [0.29, 0.717) is 49.1 Å².